The monoisotopic (exact) mass is 259 g/mol. The normalized spacial score (nSPS) is 10.6. The van der Waals surface area contributed by atoms with Crippen molar-refractivity contribution >= 4 is 16.7 Å². The fourth-order valence-corrected chi connectivity index (χ4v) is 2.50. The third kappa shape index (κ3) is 2.03. The van der Waals surface area contributed by atoms with Crippen molar-refractivity contribution in [1.29, 1.82) is 0 Å². The molecule has 0 spiro atoms. The lowest BCUT2D eigenvalue weighted by Crippen LogP contribution is -2.05. The standard InChI is InChI=1S/C15H17NO3/c1-8-13(10(3)17)9(2)16-15-12(19-5)7-6-11(18-4)14(8)15/h6-7H,1-5H3. The van der Waals surface area contributed by atoms with Gasteiger partial charge in [-0.25, -0.2) is 4.98 Å². The van der Waals surface area contributed by atoms with Gasteiger partial charge < -0.3 is 9.47 Å². The number of methoxy groups -OCH3 is 2. The molecule has 0 bridgehead atoms. The summed E-state index contributed by atoms with van der Waals surface area (Å²) in [5, 5.41) is 0.831. The van der Waals surface area contributed by atoms with Crippen LogP contribution < -0.4 is 9.47 Å². The highest BCUT2D eigenvalue weighted by atomic mass is 16.5. The fourth-order valence-electron chi connectivity index (χ4n) is 2.50. The van der Waals surface area contributed by atoms with Gasteiger partial charge in [-0.05, 0) is 38.5 Å². The molecule has 1 aromatic heterocycles. The van der Waals surface area contributed by atoms with Crippen molar-refractivity contribution in [3.8, 4) is 11.5 Å². The molecule has 4 heteroatoms. The Balaban J connectivity index is 2.98. The highest BCUT2D eigenvalue weighted by molar-refractivity contribution is 6.03. The lowest BCUT2D eigenvalue weighted by molar-refractivity contribution is 0.101. The Bertz CT molecular complexity index is 662. The lowest BCUT2D eigenvalue weighted by Gasteiger charge is -2.15. The Morgan fingerprint density at radius 3 is 2.21 bits per heavy atom. The van der Waals surface area contributed by atoms with E-state index in [4.69, 9.17) is 9.47 Å². The van der Waals surface area contributed by atoms with Crippen LogP contribution in [0.25, 0.3) is 10.9 Å². The van der Waals surface area contributed by atoms with Gasteiger partial charge in [0.1, 0.15) is 17.0 Å². The molecule has 0 N–H and O–H groups in total. The van der Waals surface area contributed by atoms with Crippen LogP contribution in [-0.2, 0) is 0 Å². The molecular weight excluding hydrogens is 242 g/mol. The van der Waals surface area contributed by atoms with Crippen molar-refractivity contribution in [2.45, 2.75) is 20.8 Å². The summed E-state index contributed by atoms with van der Waals surface area (Å²) in [6, 6.07) is 3.65. The van der Waals surface area contributed by atoms with Gasteiger partial charge in [-0.2, -0.15) is 0 Å². The van der Waals surface area contributed by atoms with Gasteiger partial charge in [-0.1, -0.05) is 0 Å². The maximum atomic E-state index is 11.8. The Hall–Kier alpha value is -2.10. The van der Waals surface area contributed by atoms with Crippen LogP contribution in [0.3, 0.4) is 0 Å². The molecular formula is C15H17NO3. The van der Waals surface area contributed by atoms with Crippen molar-refractivity contribution in [1.82, 2.24) is 4.98 Å². The highest BCUT2D eigenvalue weighted by Gasteiger charge is 2.18. The molecule has 0 unspecified atom stereocenters. The summed E-state index contributed by atoms with van der Waals surface area (Å²) in [5.41, 5.74) is 2.97. The van der Waals surface area contributed by atoms with Gasteiger partial charge in [-0.15, -0.1) is 0 Å². The summed E-state index contributed by atoms with van der Waals surface area (Å²) < 4.78 is 10.7. The molecule has 2 aromatic rings. The molecule has 1 heterocycles. The Morgan fingerprint density at radius 1 is 1.11 bits per heavy atom. The number of rotatable bonds is 3. The number of ketones is 1. The number of ether oxygens (including phenoxy) is 2. The number of nitrogens with zero attached hydrogens (tertiary/aromatic N) is 1. The largest absolute Gasteiger partial charge is 0.496 e. The smallest absolute Gasteiger partial charge is 0.161 e. The second-order valence-electron chi connectivity index (χ2n) is 4.45. The minimum Gasteiger partial charge on any atom is -0.496 e. The number of aromatic nitrogens is 1. The van der Waals surface area contributed by atoms with Gasteiger partial charge in [0.2, 0.25) is 0 Å². The molecule has 0 amide bonds. The summed E-state index contributed by atoms with van der Waals surface area (Å²) in [4.78, 5) is 16.3. The van der Waals surface area contributed by atoms with Crippen molar-refractivity contribution < 1.29 is 14.3 Å². The van der Waals surface area contributed by atoms with Gasteiger partial charge in [0.25, 0.3) is 0 Å². The summed E-state index contributed by atoms with van der Waals surface area (Å²) in [5.74, 6) is 1.38. The van der Waals surface area contributed by atoms with Crippen LogP contribution in [0.15, 0.2) is 12.1 Å². The molecule has 0 atom stereocenters. The molecule has 100 valence electrons. The van der Waals surface area contributed by atoms with Crippen molar-refractivity contribution in [3.63, 3.8) is 0 Å². The molecule has 0 saturated heterocycles. The van der Waals surface area contributed by atoms with Crippen molar-refractivity contribution in [2.75, 3.05) is 14.2 Å². The summed E-state index contributed by atoms with van der Waals surface area (Å²) in [7, 11) is 3.21. The summed E-state index contributed by atoms with van der Waals surface area (Å²) in [6.45, 7) is 5.30. The average molecular weight is 259 g/mol. The average Bonchev–Trinajstić information content (AvgIpc) is 2.36. The van der Waals surface area contributed by atoms with E-state index in [9.17, 15) is 4.79 Å². The van der Waals surface area contributed by atoms with Crippen LogP contribution in [0.5, 0.6) is 11.5 Å². The number of aryl methyl sites for hydroxylation is 2. The number of carbonyl (C=O) groups excluding carboxylic acids is 1. The van der Waals surface area contributed by atoms with E-state index in [0.29, 0.717) is 22.8 Å². The highest BCUT2D eigenvalue weighted by Crippen LogP contribution is 2.36. The zero-order valence-corrected chi connectivity index (χ0v) is 11.8. The van der Waals surface area contributed by atoms with E-state index >= 15 is 0 Å². The van der Waals surface area contributed by atoms with Crippen molar-refractivity contribution in [2.24, 2.45) is 0 Å². The Morgan fingerprint density at radius 2 is 1.68 bits per heavy atom. The maximum Gasteiger partial charge on any atom is 0.161 e. The molecule has 1 aromatic carbocycles. The molecule has 4 nitrogen and oxygen atoms in total. The van der Waals surface area contributed by atoms with Crippen LogP contribution in [0, 0.1) is 13.8 Å². The Kier molecular flexibility index (Phi) is 3.42. The van der Waals surface area contributed by atoms with Crippen LogP contribution >= 0.6 is 0 Å². The van der Waals surface area contributed by atoms with Gasteiger partial charge in [0, 0.05) is 16.6 Å². The van der Waals surface area contributed by atoms with Crippen LogP contribution in [0.4, 0.5) is 0 Å². The first kappa shape index (κ1) is 13.3. The number of benzene rings is 1. The zero-order valence-electron chi connectivity index (χ0n) is 11.8. The third-order valence-corrected chi connectivity index (χ3v) is 3.29. The Labute approximate surface area is 112 Å². The zero-order chi connectivity index (χ0) is 14.2. The fraction of sp³-hybridized carbons (Fsp3) is 0.333. The van der Waals surface area contributed by atoms with Gasteiger partial charge in [-0.3, -0.25) is 4.79 Å². The van der Waals surface area contributed by atoms with E-state index in [0.717, 1.165) is 16.5 Å². The molecule has 0 aliphatic rings. The van der Waals surface area contributed by atoms with Crippen LogP contribution in [-0.4, -0.2) is 25.0 Å². The van der Waals surface area contributed by atoms with Gasteiger partial charge >= 0.3 is 0 Å². The first-order valence-electron chi connectivity index (χ1n) is 6.04. The number of hydrogen-bond donors (Lipinski definition) is 0. The second kappa shape index (κ2) is 4.88. The van der Waals surface area contributed by atoms with Gasteiger partial charge in [0.15, 0.2) is 5.78 Å². The molecule has 0 aliphatic heterocycles. The summed E-state index contributed by atoms with van der Waals surface area (Å²) in [6.07, 6.45) is 0. The molecule has 0 fully saturated rings. The molecule has 19 heavy (non-hydrogen) atoms. The number of pyridine rings is 1. The quantitative estimate of drug-likeness (QED) is 0.795. The molecule has 2 rings (SSSR count). The lowest BCUT2D eigenvalue weighted by atomic mass is 9.98. The summed E-state index contributed by atoms with van der Waals surface area (Å²) >= 11 is 0. The van der Waals surface area contributed by atoms with Gasteiger partial charge in [0.05, 0.1) is 14.2 Å². The van der Waals surface area contributed by atoms with E-state index in [1.54, 1.807) is 21.1 Å². The third-order valence-electron chi connectivity index (χ3n) is 3.29. The maximum absolute atomic E-state index is 11.8. The molecule has 0 radical (unpaired) electrons. The van der Waals surface area contributed by atoms with E-state index in [1.165, 1.54) is 0 Å². The number of Topliss-reactive ketones (excluding diaryl/α,β-unsaturated/α-hetero) is 1. The number of carbonyl (C=O) groups is 1. The van der Waals surface area contributed by atoms with Crippen LogP contribution in [0.1, 0.15) is 28.5 Å². The first-order valence-corrected chi connectivity index (χ1v) is 6.04. The van der Waals surface area contributed by atoms with E-state index in [-0.39, 0.29) is 5.78 Å². The number of fused-ring (bicyclic) bond motifs is 1. The first-order chi connectivity index (χ1) is 9.01. The van der Waals surface area contributed by atoms with E-state index in [1.807, 2.05) is 26.0 Å². The molecule has 0 aliphatic carbocycles. The minimum absolute atomic E-state index is 0.00859. The minimum atomic E-state index is 0.00859. The molecule has 0 saturated carbocycles. The van der Waals surface area contributed by atoms with Crippen molar-refractivity contribution in [3.05, 3.63) is 29.0 Å². The predicted molar refractivity (Wildman–Crippen MR) is 74.3 cm³/mol. The topological polar surface area (TPSA) is 48.4 Å². The number of hydrogen-bond acceptors (Lipinski definition) is 4. The van der Waals surface area contributed by atoms with E-state index < -0.39 is 0 Å². The van der Waals surface area contributed by atoms with Crippen LogP contribution in [0.2, 0.25) is 0 Å². The second-order valence-corrected chi connectivity index (χ2v) is 4.45. The predicted octanol–water partition coefficient (Wildman–Crippen LogP) is 3.07. The van der Waals surface area contributed by atoms with E-state index in [2.05, 4.69) is 4.98 Å². The SMILES string of the molecule is COc1ccc(OC)c2c(C)c(C(C)=O)c(C)nc12.